The van der Waals surface area contributed by atoms with Gasteiger partial charge in [0.1, 0.15) is 6.33 Å². The van der Waals surface area contributed by atoms with Gasteiger partial charge in [0.25, 0.3) is 0 Å². The summed E-state index contributed by atoms with van der Waals surface area (Å²) in [6.07, 6.45) is 4.10. The quantitative estimate of drug-likeness (QED) is 0.831. The Kier molecular flexibility index (Phi) is 4.20. The summed E-state index contributed by atoms with van der Waals surface area (Å²) in [4.78, 5) is 12.0. The van der Waals surface area contributed by atoms with Crippen molar-refractivity contribution in [2.45, 2.75) is 25.3 Å². The molecular weight excluding hydrogens is 268 g/mol. The number of benzene rings is 1. The number of nitrogens with one attached hydrogen (secondary N) is 2. The predicted octanol–water partition coefficient (Wildman–Crippen LogP) is 0.0730. The predicted molar refractivity (Wildman–Crippen MR) is 76.9 cm³/mol. The first-order chi connectivity index (χ1) is 10.3. The Morgan fingerprint density at radius 3 is 2.90 bits per heavy atom. The van der Waals surface area contributed by atoms with Gasteiger partial charge in [-0.05, 0) is 47.5 Å². The highest BCUT2D eigenvalue weighted by Crippen LogP contribution is 2.09. The average molecular weight is 286 g/mol. The highest BCUT2D eigenvalue weighted by atomic mass is 16.1. The van der Waals surface area contributed by atoms with Gasteiger partial charge in [-0.1, -0.05) is 12.1 Å². The largest absolute Gasteiger partial charge is 0.352 e. The number of carbonyl (C=O) groups is 1. The fourth-order valence-electron chi connectivity index (χ4n) is 2.49. The van der Waals surface area contributed by atoms with Crippen LogP contribution >= 0.6 is 0 Å². The number of amides is 1. The molecule has 1 amide bonds. The summed E-state index contributed by atoms with van der Waals surface area (Å²) >= 11 is 0. The Hall–Kier alpha value is -2.28. The Balaban J connectivity index is 1.56. The van der Waals surface area contributed by atoms with E-state index in [-0.39, 0.29) is 11.9 Å². The third-order valence-electron chi connectivity index (χ3n) is 3.58. The monoisotopic (exact) mass is 286 g/mol. The molecule has 1 aromatic carbocycles. The van der Waals surface area contributed by atoms with E-state index in [0.717, 1.165) is 37.2 Å². The van der Waals surface area contributed by atoms with Crippen molar-refractivity contribution in [2.24, 2.45) is 0 Å². The van der Waals surface area contributed by atoms with Crippen molar-refractivity contribution in [3.63, 3.8) is 0 Å². The molecule has 2 heterocycles. The van der Waals surface area contributed by atoms with Gasteiger partial charge in [0, 0.05) is 12.6 Å². The van der Waals surface area contributed by atoms with Crippen LogP contribution in [0.15, 0.2) is 30.6 Å². The van der Waals surface area contributed by atoms with Crippen molar-refractivity contribution in [3.8, 4) is 5.69 Å². The van der Waals surface area contributed by atoms with Crippen LogP contribution in [0.25, 0.3) is 5.69 Å². The summed E-state index contributed by atoms with van der Waals surface area (Å²) < 4.78 is 1.58. The van der Waals surface area contributed by atoms with Crippen LogP contribution < -0.4 is 10.6 Å². The van der Waals surface area contributed by atoms with Gasteiger partial charge in [-0.25, -0.2) is 4.68 Å². The minimum Gasteiger partial charge on any atom is -0.352 e. The van der Waals surface area contributed by atoms with Gasteiger partial charge in [0.15, 0.2) is 0 Å². The molecule has 7 heteroatoms. The number of carbonyl (C=O) groups excluding carboxylic acids is 1. The van der Waals surface area contributed by atoms with E-state index in [2.05, 4.69) is 26.2 Å². The highest BCUT2D eigenvalue weighted by molar-refractivity contribution is 5.78. The second-order valence-corrected chi connectivity index (χ2v) is 5.21. The van der Waals surface area contributed by atoms with E-state index >= 15 is 0 Å². The molecule has 110 valence electrons. The molecule has 1 fully saturated rings. The molecule has 3 rings (SSSR count). The third-order valence-corrected chi connectivity index (χ3v) is 3.58. The highest BCUT2D eigenvalue weighted by Gasteiger charge is 2.15. The van der Waals surface area contributed by atoms with Crippen molar-refractivity contribution in [1.82, 2.24) is 30.8 Å². The SMILES string of the molecule is O=C(Cc1ccc(-n2cnnn2)cc1)NC1CCCNC1. The van der Waals surface area contributed by atoms with Crippen molar-refractivity contribution in [1.29, 1.82) is 0 Å². The Morgan fingerprint density at radius 2 is 2.24 bits per heavy atom. The number of rotatable bonds is 4. The van der Waals surface area contributed by atoms with Crippen molar-refractivity contribution >= 4 is 5.91 Å². The van der Waals surface area contributed by atoms with Gasteiger partial charge >= 0.3 is 0 Å². The lowest BCUT2D eigenvalue weighted by Gasteiger charge is -2.23. The molecule has 0 radical (unpaired) electrons. The Labute approximate surface area is 122 Å². The van der Waals surface area contributed by atoms with Crippen LogP contribution in [0, 0.1) is 0 Å². The first kappa shape index (κ1) is 13.7. The summed E-state index contributed by atoms with van der Waals surface area (Å²) in [5, 5.41) is 17.4. The number of hydrogen-bond donors (Lipinski definition) is 2. The van der Waals surface area contributed by atoms with Crippen molar-refractivity contribution in [3.05, 3.63) is 36.2 Å². The maximum absolute atomic E-state index is 12.0. The van der Waals surface area contributed by atoms with Crippen LogP contribution in [0.5, 0.6) is 0 Å². The normalized spacial score (nSPS) is 18.4. The zero-order chi connectivity index (χ0) is 14.5. The molecule has 2 N–H and O–H groups in total. The van der Waals surface area contributed by atoms with Crippen LogP contribution in [-0.2, 0) is 11.2 Å². The van der Waals surface area contributed by atoms with E-state index < -0.39 is 0 Å². The lowest BCUT2D eigenvalue weighted by molar-refractivity contribution is -0.121. The summed E-state index contributed by atoms with van der Waals surface area (Å²) in [5.41, 5.74) is 1.86. The lowest BCUT2D eigenvalue weighted by atomic mass is 10.1. The fraction of sp³-hybridized carbons (Fsp3) is 0.429. The smallest absolute Gasteiger partial charge is 0.224 e. The van der Waals surface area contributed by atoms with E-state index in [1.165, 1.54) is 6.33 Å². The molecule has 1 aliphatic rings. The van der Waals surface area contributed by atoms with Crippen molar-refractivity contribution < 1.29 is 4.79 Å². The van der Waals surface area contributed by atoms with Crippen LogP contribution in [-0.4, -0.2) is 45.2 Å². The number of tetrazole rings is 1. The van der Waals surface area contributed by atoms with Gasteiger partial charge < -0.3 is 10.6 Å². The molecule has 1 saturated heterocycles. The van der Waals surface area contributed by atoms with Gasteiger partial charge in [-0.3, -0.25) is 4.79 Å². The van der Waals surface area contributed by atoms with E-state index in [4.69, 9.17) is 0 Å². The molecule has 0 saturated carbocycles. The standard InChI is InChI=1S/C14H18N6O/c21-14(17-12-2-1-7-15-9-12)8-11-3-5-13(6-4-11)20-10-16-18-19-20/h3-6,10,12,15H,1-2,7-9H2,(H,17,21). The molecule has 0 spiro atoms. The first-order valence-corrected chi connectivity index (χ1v) is 7.13. The van der Waals surface area contributed by atoms with Crippen LogP contribution in [0.4, 0.5) is 0 Å². The second-order valence-electron chi connectivity index (χ2n) is 5.21. The molecule has 1 aromatic heterocycles. The number of piperidine rings is 1. The summed E-state index contributed by atoms with van der Waals surface area (Å²) in [6.45, 7) is 1.91. The second kappa shape index (κ2) is 6.45. The maximum Gasteiger partial charge on any atom is 0.224 e. The fourth-order valence-corrected chi connectivity index (χ4v) is 2.49. The summed E-state index contributed by atoms with van der Waals surface area (Å²) in [6, 6.07) is 7.92. The summed E-state index contributed by atoms with van der Waals surface area (Å²) in [7, 11) is 0. The maximum atomic E-state index is 12.0. The van der Waals surface area contributed by atoms with Crippen LogP contribution in [0.3, 0.4) is 0 Å². The lowest BCUT2D eigenvalue weighted by Crippen LogP contribution is -2.46. The van der Waals surface area contributed by atoms with E-state index in [9.17, 15) is 4.79 Å². The van der Waals surface area contributed by atoms with Gasteiger partial charge in [0.2, 0.25) is 5.91 Å². The molecule has 2 aromatic rings. The summed E-state index contributed by atoms with van der Waals surface area (Å²) in [5.74, 6) is 0.0684. The van der Waals surface area contributed by atoms with Gasteiger partial charge in [-0.15, -0.1) is 5.10 Å². The zero-order valence-electron chi connectivity index (χ0n) is 11.7. The topological polar surface area (TPSA) is 84.7 Å². The average Bonchev–Trinajstić information content (AvgIpc) is 3.03. The van der Waals surface area contributed by atoms with E-state index in [0.29, 0.717) is 6.42 Å². The van der Waals surface area contributed by atoms with Crippen LogP contribution in [0.1, 0.15) is 18.4 Å². The van der Waals surface area contributed by atoms with Gasteiger partial charge in [-0.2, -0.15) is 0 Å². The van der Waals surface area contributed by atoms with Crippen molar-refractivity contribution in [2.75, 3.05) is 13.1 Å². The Morgan fingerprint density at radius 1 is 1.38 bits per heavy atom. The number of nitrogens with zero attached hydrogens (tertiary/aromatic N) is 4. The molecule has 0 aliphatic carbocycles. The first-order valence-electron chi connectivity index (χ1n) is 7.13. The molecule has 1 atom stereocenters. The molecule has 7 nitrogen and oxygen atoms in total. The van der Waals surface area contributed by atoms with Gasteiger partial charge in [0.05, 0.1) is 12.1 Å². The number of hydrogen-bond acceptors (Lipinski definition) is 5. The molecular formula is C14H18N6O. The molecule has 1 aliphatic heterocycles. The molecule has 21 heavy (non-hydrogen) atoms. The molecule has 0 bridgehead atoms. The Bertz CT molecular complexity index is 574. The minimum atomic E-state index is 0.0684. The number of aromatic nitrogens is 4. The minimum absolute atomic E-state index is 0.0684. The van der Waals surface area contributed by atoms with E-state index in [1.54, 1.807) is 4.68 Å². The third kappa shape index (κ3) is 3.63. The van der Waals surface area contributed by atoms with E-state index in [1.807, 2.05) is 24.3 Å². The zero-order valence-corrected chi connectivity index (χ0v) is 11.7. The van der Waals surface area contributed by atoms with Crippen LogP contribution in [0.2, 0.25) is 0 Å². The molecule has 1 unspecified atom stereocenters.